The number of ether oxygens (including phenoxy) is 2. The number of carbonyl (C=O) groups excluding carboxylic acids is 1. The molecule has 1 aliphatic heterocycles. The lowest BCUT2D eigenvalue weighted by atomic mass is 9.91. The summed E-state index contributed by atoms with van der Waals surface area (Å²) in [5, 5.41) is 13.6. The van der Waals surface area contributed by atoms with E-state index in [-0.39, 0.29) is 19.1 Å². The van der Waals surface area contributed by atoms with Gasteiger partial charge in [-0.1, -0.05) is 59.6 Å². The number of hydrogen-bond donors (Lipinski definition) is 2. The van der Waals surface area contributed by atoms with Crippen LogP contribution < -0.4 is 14.8 Å². The van der Waals surface area contributed by atoms with E-state index in [1.54, 1.807) is 42.5 Å². The second-order valence-electron chi connectivity index (χ2n) is 8.81. The topological polar surface area (TPSA) is 88.1 Å². The summed E-state index contributed by atoms with van der Waals surface area (Å²) in [6.45, 7) is 2.27. The SMILES string of the molecule is O=C(NC1CCN(Cc2ccccc2)CC1C(=O)O)c1ccc(OCCOc2c(Cl)cccc2Cl)cc1. The van der Waals surface area contributed by atoms with Gasteiger partial charge in [0.15, 0.2) is 5.75 Å². The van der Waals surface area contributed by atoms with Gasteiger partial charge in [-0.05, 0) is 48.4 Å². The predicted octanol–water partition coefficient (Wildman–Crippen LogP) is 5.16. The van der Waals surface area contributed by atoms with Crippen molar-refractivity contribution < 1.29 is 24.2 Å². The van der Waals surface area contributed by atoms with E-state index in [0.29, 0.717) is 53.2 Å². The standard InChI is InChI=1S/C28H28Cl2N2O5/c29-23-7-4-8-24(30)26(23)37-16-15-36-21-11-9-20(10-12-21)27(33)31-25-13-14-32(18-22(25)28(34)35)17-19-5-2-1-3-6-19/h1-12,22,25H,13-18H2,(H,31,33)(H,34,35). The van der Waals surface area contributed by atoms with E-state index in [9.17, 15) is 14.7 Å². The van der Waals surface area contributed by atoms with E-state index in [4.69, 9.17) is 32.7 Å². The number of aliphatic carboxylic acids is 1. The molecule has 0 spiro atoms. The molecule has 1 fully saturated rings. The Kier molecular flexibility index (Phi) is 9.28. The van der Waals surface area contributed by atoms with Gasteiger partial charge in [-0.25, -0.2) is 0 Å². The van der Waals surface area contributed by atoms with Crippen LogP contribution >= 0.6 is 23.2 Å². The first kappa shape index (κ1) is 26.8. The van der Waals surface area contributed by atoms with Crippen molar-refractivity contribution in [3.8, 4) is 11.5 Å². The molecule has 37 heavy (non-hydrogen) atoms. The monoisotopic (exact) mass is 542 g/mol. The molecule has 1 aliphatic rings. The molecule has 0 aliphatic carbocycles. The molecule has 4 rings (SSSR count). The molecule has 1 amide bonds. The summed E-state index contributed by atoms with van der Waals surface area (Å²) in [4.78, 5) is 26.9. The Morgan fingerprint density at radius 1 is 0.919 bits per heavy atom. The van der Waals surface area contributed by atoms with Gasteiger partial charge < -0.3 is 19.9 Å². The number of carboxylic acid groups (broad SMARTS) is 1. The zero-order chi connectivity index (χ0) is 26.2. The zero-order valence-corrected chi connectivity index (χ0v) is 21.6. The minimum Gasteiger partial charge on any atom is -0.490 e. The largest absolute Gasteiger partial charge is 0.490 e. The summed E-state index contributed by atoms with van der Waals surface area (Å²) in [5.41, 5.74) is 1.57. The van der Waals surface area contributed by atoms with Gasteiger partial charge in [-0.15, -0.1) is 0 Å². The average Bonchev–Trinajstić information content (AvgIpc) is 2.89. The van der Waals surface area contributed by atoms with Gasteiger partial charge in [0.1, 0.15) is 19.0 Å². The van der Waals surface area contributed by atoms with E-state index in [0.717, 1.165) is 5.56 Å². The van der Waals surface area contributed by atoms with E-state index in [1.165, 1.54) is 0 Å². The van der Waals surface area contributed by atoms with Crippen LogP contribution in [0.3, 0.4) is 0 Å². The molecule has 7 nitrogen and oxygen atoms in total. The van der Waals surface area contributed by atoms with Crippen molar-refractivity contribution in [3.05, 3.63) is 94.0 Å². The highest BCUT2D eigenvalue weighted by Gasteiger charge is 2.35. The van der Waals surface area contributed by atoms with E-state index >= 15 is 0 Å². The number of benzene rings is 3. The number of carboxylic acids is 1. The van der Waals surface area contributed by atoms with Crippen molar-refractivity contribution in [2.45, 2.75) is 19.0 Å². The smallest absolute Gasteiger partial charge is 0.309 e. The lowest BCUT2D eigenvalue weighted by Gasteiger charge is -2.36. The van der Waals surface area contributed by atoms with Crippen LogP contribution in [0.2, 0.25) is 10.0 Å². The second kappa shape index (κ2) is 12.8. The molecule has 0 aromatic heterocycles. The Balaban J connectivity index is 1.26. The van der Waals surface area contributed by atoms with Crippen LogP contribution in [0.4, 0.5) is 0 Å². The van der Waals surface area contributed by atoms with Gasteiger partial charge >= 0.3 is 5.97 Å². The van der Waals surface area contributed by atoms with Crippen LogP contribution in [0.25, 0.3) is 0 Å². The fraction of sp³-hybridized carbons (Fsp3) is 0.286. The number of piperidine rings is 1. The first-order valence-corrected chi connectivity index (χ1v) is 12.8. The predicted molar refractivity (Wildman–Crippen MR) is 143 cm³/mol. The number of amides is 1. The van der Waals surface area contributed by atoms with Gasteiger partial charge in [-0.3, -0.25) is 14.5 Å². The molecule has 0 bridgehead atoms. The van der Waals surface area contributed by atoms with Crippen molar-refractivity contribution in [2.75, 3.05) is 26.3 Å². The molecule has 194 valence electrons. The minimum absolute atomic E-state index is 0.241. The number of carbonyl (C=O) groups is 2. The summed E-state index contributed by atoms with van der Waals surface area (Å²) < 4.78 is 11.3. The number of para-hydroxylation sites is 1. The molecule has 2 atom stereocenters. The third-order valence-electron chi connectivity index (χ3n) is 6.21. The summed E-state index contributed by atoms with van der Waals surface area (Å²) >= 11 is 12.2. The third-order valence-corrected chi connectivity index (χ3v) is 6.81. The summed E-state index contributed by atoms with van der Waals surface area (Å²) in [6, 6.07) is 21.3. The van der Waals surface area contributed by atoms with Crippen LogP contribution in [-0.2, 0) is 11.3 Å². The fourth-order valence-corrected chi connectivity index (χ4v) is 4.81. The fourth-order valence-electron chi connectivity index (χ4n) is 4.31. The molecular formula is C28H28Cl2N2O5. The number of nitrogens with one attached hydrogen (secondary N) is 1. The van der Waals surface area contributed by atoms with Gasteiger partial charge in [-0.2, -0.15) is 0 Å². The summed E-state index contributed by atoms with van der Waals surface area (Å²) in [5.74, 6) is -0.922. The van der Waals surface area contributed by atoms with Crippen molar-refractivity contribution in [3.63, 3.8) is 0 Å². The highest BCUT2D eigenvalue weighted by molar-refractivity contribution is 6.37. The quantitative estimate of drug-likeness (QED) is 0.344. The summed E-state index contributed by atoms with van der Waals surface area (Å²) in [6.07, 6.45) is 0.562. The lowest BCUT2D eigenvalue weighted by Crippen LogP contribution is -2.53. The van der Waals surface area contributed by atoms with Crippen LogP contribution in [0.15, 0.2) is 72.8 Å². The second-order valence-corrected chi connectivity index (χ2v) is 9.62. The van der Waals surface area contributed by atoms with Crippen molar-refractivity contribution in [2.24, 2.45) is 5.92 Å². The molecule has 0 radical (unpaired) electrons. The van der Waals surface area contributed by atoms with E-state index < -0.39 is 17.9 Å². The number of halogens is 2. The van der Waals surface area contributed by atoms with Crippen LogP contribution in [0, 0.1) is 5.92 Å². The van der Waals surface area contributed by atoms with Crippen LogP contribution in [0.5, 0.6) is 11.5 Å². The first-order valence-electron chi connectivity index (χ1n) is 12.0. The molecule has 1 saturated heterocycles. The highest BCUT2D eigenvalue weighted by atomic mass is 35.5. The van der Waals surface area contributed by atoms with E-state index in [2.05, 4.69) is 10.2 Å². The molecule has 1 heterocycles. The molecule has 2 N–H and O–H groups in total. The van der Waals surface area contributed by atoms with Gasteiger partial charge in [0.05, 0.1) is 16.0 Å². The maximum absolute atomic E-state index is 12.8. The summed E-state index contributed by atoms with van der Waals surface area (Å²) in [7, 11) is 0. The zero-order valence-electron chi connectivity index (χ0n) is 20.1. The molecular weight excluding hydrogens is 515 g/mol. The number of rotatable bonds is 10. The van der Waals surface area contributed by atoms with E-state index in [1.807, 2.05) is 30.3 Å². The number of hydrogen-bond acceptors (Lipinski definition) is 5. The molecule has 0 saturated carbocycles. The van der Waals surface area contributed by atoms with Crippen molar-refractivity contribution in [1.29, 1.82) is 0 Å². The Morgan fingerprint density at radius 2 is 1.59 bits per heavy atom. The van der Waals surface area contributed by atoms with Gasteiger partial charge in [0, 0.05) is 31.2 Å². The molecule has 9 heteroatoms. The Hall–Kier alpha value is -3.26. The molecule has 2 unspecified atom stereocenters. The lowest BCUT2D eigenvalue weighted by molar-refractivity contribution is -0.144. The van der Waals surface area contributed by atoms with Crippen LogP contribution in [-0.4, -0.2) is 54.2 Å². The Bertz CT molecular complexity index is 1190. The first-order chi connectivity index (χ1) is 17.9. The third kappa shape index (κ3) is 7.38. The number of nitrogens with zero attached hydrogens (tertiary/aromatic N) is 1. The molecule has 3 aromatic rings. The number of likely N-dealkylation sites (tertiary alicyclic amines) is 1. The minimum atomic E-state index is -0.910. The van der Waals surface area contributed by atoms with Crippen molar-refractivity contribution >= 4 is 35.1 Å². The maximum Gasteiger partial charge on any atom is 0.309 e. The highest BCUT2D eigenvalue weighted by Crippen LogP contribution is 2.32. The Morgan fingerprint density at radius 3 is 2.27 bits per heavy atom. The normalized spacial score (nSPS) is 17.7. The maximum atomic E-state index is 12.8. The van der Waals surface area contributed by atoms with Crippen LogP contribution in [0.1, 0.15) is 22.3 Å². The average molecular weight is 543 g/mol. The Labute approximate surface area is 225 Å². The molecule has 3 aromatic carbocycles. The van der Waals surface area contributed by atoms with Gasteiger partial charge in [0.2, 0.25) is 0 Å². The van der Waals surface area contributed by atoms with Gasteiger partial charge in [0.25, 0.3) is 5.91 Å². The van der Waals surface area contributed by atoms with Crippen molar-refractivity contribution in [1.82, 2.24) is 10.2 Å².